The summed E-state index contributed by atoms with van der Waals surface area (Å²) in [5, 5.41) is 4.29. The number of imidazole rings is 4. The minimum absolute atomic E-state index is 0.813. The van der Waals surface area contributed by atoms with Gasteiger partial charge >= 0.3 is 0 Å². The molecular weight excluding hydrogens is 486 g/mol. The van der Waals surface area contributed by atoms with Gasteiger partial charge in [-0.05, 0) is 48.5 Å². The highest BCUT2D eigenvalue weighted by molar-refractivity contribution is 6.19. The van der Waals surface area contributed by atoms with Crippen LogP contribution >= 0.6 is 0 Å². The van der Waals surface area contributed by atoms with Crippen LogP contribution in [0.25, 0.3) is 94.0 Å². The van der Waals surface area contributed by atoms with Crippen molar-refractivity contribution in [1.29, 1.82) is 0 Å². The molecule has 39 heavy (non-hydrogen) atoms. The Morgan fingerprint density at radius 2 is 1.13 bits per heavy atom. The summed E-state index contributed by atoms with van der Waals surface area (Å²) in [4.78, 5) is 10.5. The van der Waals surface area contributed by atoms with E-state index in [9.17, 15) is 0 Å². The van der Waals surface area contributed by atoms with Crippen LogP contribution in [0, 0.1) is 0 Å². The summed E-state index contributed by atoms with van der Waals surface area (Å²) >= 11 is 0. The smallest absolute Gasteiger partial charge is 0.223 e. The zero-order chi connectivity index (χ0) is 25.0. The fourth-order valence-electron chi connectivity index (χ4n) is 6.82. The third-order valence-electron chi connectivity index (χ3n) is 8.40. The standard InChI is InChI=1S/C32H15N5O2/c1-3-10-23-16(6-1)17-12-13-20-28(30(17)39-23)34-32-36(20)22-9-5-8-21-29(22)37(32)31-33-27-19(35(21)31)14-15-25-26(27)18-7-2-4-11-24(18)38-25/h1-15H. The molecule has 0 unspecified atom stereocenters. The lowest BCUT2D eigenvalue weighted by Crippen LogP contribution is -1.87. The zero-order valence-corrected chi connectivity index (χ0v) is 20.2. The minimum atomic E-state index is 0.813. The summed E-state index contributed by atoms with van der Waals surface area (Å²) < 4.78 is 19.2. The van der Waals surface area contributed by atoms with Crippen LogP contribution in [-0.2, 0) is 0 Å². The number of hydrogen-bond acceptors (Lipinski definition) is 4. The molecule has 0 radical (unpaired) electrons. The Balaban J connectivity index is 1.38. The summed E-state index contributed by atoms with van der Waals surface area (Å²) in [6.45, 7) is 0. The van der Waals surface area contributed by atoms with Gasteiger partial charge in [-0.1, -0.05) is 42.5 Å². The van der Waals surface area contributed by atoms with Gasteiger partial charge in [-0.2, -0.15) is 0 Å². The molecule has 6 aromatic heterocycles. The molecule has 0 fully saturated rings. The molecular formula is C32H15N5O2. The zero-order valence-electron chi connectivity index (χ0n) is 20.2. The van der Waals surface area contributed by atoms with Crippen molar-refractivity contribution in [2.45, 2.75) is 0 Å². The maximum absolute atomic E-state index is 6.34. The van der Waals surface area contributed by atoms with Crippen LogP contribution in [0.4, 0.5) is 0 Å². The van der Waals surface area contributed by atoms with E-state index in [2.05, 4.69) is 67.8 Å². The van der Waals surface area contributed by atoms with E-state index in [1.807, 2.05) is 36.4 Å². The summed E-state index contributed by atoms with van der Waals surface area (Å²) in [6.07, 6.45) is 0. The summed E-state index contributed by atoms with van der Waals surface area (Å²) in [7, 11) is 0. The quantitative estimate of drug-likeness (QED) is 0.212. The number of fused-ring (bicyclic) bond motifs is 18. The molecule has 5 aromatic carbocycles. The number of rotatable bonds is 0. The minimum Gasteiger partial charge on any atom is -0.456 e. The summed E-state index contributed by atoms with van der Waals surface area (Å²) in [5.41, 5.74) is 10.5. The molecule has 6 heterocycles. The van der Waals surface area contributed by atoms with E-state index in [1.54, 1.807) is 0 Å². The number of aromatic nitrogens is 5. The fourth-order valence-corrected chi connectivity index (χ4v) is 6.82. The Kier molecular flexibility index (Phi) is 2.84. The maximum atomic E-state index is 6.34. The van der Waals surface area contributed by atoms with Crippen LogP contribution in [0.5, 0.6) is 0 Å². The Hall–Kier alpha value is -5.56. The molecule has 0 saturated heterocycles. The number of furan rings is 2. The Labute approximate surface area is 217 Å². The molecule has 0 amide bonds. The van der Waals surface area contributed by atoms with E-state index >= 15 is 0 Å². The molecule has 0 aliphatic rings. The molecule has 7 heteroatoms. The van der Waals surface area contributed by atoms with Gasteiger partial charge in [0, 0.05) is 16.2 Å². The van der Waals surface area contributed by atoms with Crippen molar-refractivity contribution in [2.75, 3.05) is 0 Å². The maximum Gasteiger partial charge on any atom is 0.223 e. The lowest BCUT2D eigenvalue weighted by Gasteiger charge is -1.98. The predicted octanol–water partition coefficient (Wildman–Crippen LogP) is 7.93. The molecule has 180 valence electrons. The molecule has 0 bridgehead atoms. The normalized spacial score (nSPS) is 13.1. The molecule has 0 spiro atoms. The van der Waals surface area contributed by atoms with Crippen molar-refractivity contribution in [3.05, 3.63) is 91.0 Å². The predicted molar refractivity (Wildman–Crippen MR) is 153 cm³/mol. The van der Waals surface area contributed by atoms with Gasteiger partial charge in [0.05, 0.1) is 27.5 Å². The van der Waals surface area contributed by atoms with Crippen LogP contribution in [0.3, 0.4) is 0 Å². The number of para-hydroxylation sites is 3. The first-order valence-electron chi connectivity index (χ1n) is 12.9. The lowest BCUT2D eigenvalue weighted by molar-refractivity contribution is 0.669. The fraction of sp³-hybridized carbons (Fsp3) is 0. The average Bonchev–Trinajstić information content (AvgIpc) is 3.78. The van der Waals surface area contributed by atoms with Gasteiger partial charge in [-0.25, -0.2) is 14.4 Å². The Morgan fingerprint density at radius 1 is 0.462 bits per heavy atom. The van der Waals surface area contributed by atoms with Crippen molar-refractivity contribution in [3.8, 4) is 0 Å². The van der Waals surface area contributed by atoms with E-state index in [0.717, 1.165) is 94.0 Å². The van der Waals surface area contributed by atoms with Crippen molar-refractivity contribution in [2.24, 2.45) is 0 Å². The van der Waals surface area contributed by atoms with Crippen molar-refractivity contribution in [3.63, 3.8) is 0 Å². The molecule has 11 aromatic rings. The van der Waals surface area contributed by atoms with Crippen LogP contribution in [-0.4, -0.2) is 23.2 Å². The highest BCUT2D eigenvalue weighted by atomic mass is 16.3. The van der Waals surface area contributed by atoms with E-state index in [1.165, 1.54) is 0 Å². The van der Waals surface area contributed by atoms with E-state index in [4.69, 9.17) is 18.8 Å². The largest absolute Gasteiger partial charge is 0.456 e. The van der Waals surface area contributed by atoms with Gasteiger partial charge in [-0.15, -0.1) is 0 Å². The second kappa shape index (κ2) is 5.95. The van der Waals surface area contributed by atoms with Crippen molar-refractivity contribution < 1.29 is 8.83 Å². The van der Waals surface area contributed by atoms with Crippen molar-refractivity contribution in [1.82, 2.24) is 23.2 Å². The van der Waals surface area contributed by atoms with Gasteiger partial charge < -0.3 is 8.83 Å². The van der Waals surface area contributed by atoms with E-state index in [-0.39, 0.29) is 0 Å². The van der Waals surface area contributed by atoms with Crippen LogP contribution < -0.4 is 0 Å². The van der Waals surface area contributed by atoms with Gasteiger partial charge in [0.15, 0.2) is 5.58 Å². The Bertz CT molecular complexity index is 2840. The second-order valence-electron chi connectivity index (χ2n) is 10.3. The van der Waals surface area contributed by atoms with Gasteiger partial charge in [0.1, 0.15) is 33.3 Å². The van der Waals surface area contributed by atoms with Gasteiger partial charge in [-0.3, -0.25) is 8.80 Å². The van der Waals surface area contributed by atoms with Crippen LogP contribution in [0.1, 0.15) is 0 Å². The molecule has 11 rings (SSSR count). The second-order valence-corrected chi connectivity index (χ2v) is 10.3. The molecule has 0 atom stereocenters. The van der Waals surface area contributed by atoms with Crippen molar-refractivity contribution >= 4 is 94.0 Å². The van der Waals surface area contributed by atoms with Crippen LogP contribution in [0.2, 0.25) is 0 Å². The van der Waals surface area contributed by atoms with Gasteiger partial charge in [0.2, 0.25) is 11.6 Å². The topological polar surface area (TPSA) is 65.3 Å². The molecule has 0 aliphatic carbocycles. The first kappa shape index (κ1) is 18.6. The molecule has 0 aliphatic heterocycles. The number of hydrogen-bond donors (Lipinski definition) is 0. The number of nitrogens with zero attached hydrogens (tertiary/aromatic N) is 5. The monoisotopic (exact) mass is 501 g/mol. The lowest BCUT2D eigenvalue weighted by atomic mass is 10.1. The molecule has 0 N–H and O–H groups in total. The average molecular weight is 502 g/mol. The third-order valence-corrected chi connectivity index (χ3v) is 8.40. The van der Waals surface area contributed by atoms with E-state index < -0.39 is 0 Å². The first-order valence-corrected chi connectivity index (χ1v) is 12.9. The van der Waals surface area contributed by atoms with E-state index in [0.29, 0.717) is 0 Å². The summed E-state index contributed by atoms with van der Waals surface area (Å²) in [5.74, 6) is 1.66. The highest BCUT2D eigenvalue weighted by Crippen LogP contribution is 2.40. The Morgan fingerprint density at radius 3 is 1.95 bits per heavy atom. The summed E-state index contributed by atoms with van der Waals surface area (Å²) in [6, 6.07) is 31.2. The SMILES string of the molecule is c1ccc2c(c1)oc1c2ccc2c1nc1n2c2cccc3c2n1c1nc2c4c(ccc2n31)oc1ccccc14. The molecule has 7 nitrogen and oxygen atoms in total. The third kappa shape index (κ3) is 1.94. The number of benzene rings is 5. The highest BCUT2D eigenvalue weighted by Gasteiger charge is 2.26. The molecule has 0 saturated carbocycles. The van der Waals surface area contributed by atoms with Crippen LogP contribution in [0.15, 0.2) is 99.8 Å². The van der Waals surface area contributed by atoms with Gasteiger partial charge in [0.25, 0.3) is 0 Å². The first-order chi connectivity index (χ1) is 19.3.